The van der Waals surface area contributed by atoms with Crippen molar-refractivity contribution in [2.75, 3.05) is 13.1 Å². The summed E-state index contributed by atoms with van der Waals surface area (Å²) < 4.78 is 0. The van der Waals surface area contributed by atoms with Crippen molar-refractivity contribution in [3.63, 3.8) is 0 Å². The van der Waals surface area contributed by atoms with E-state index in [-0.39, 0.29) is 6.03 Å². The molecule has 2 atom stereocenters. The van der Waals surface area contributed by atoms with Crippen molar-refractivity contribution in [2.45, 2.75) is 65.3 Å². The third-order valence-electron chi connectivity index (χ3n) is 3.95. The third kappa shape index (κ3) is 4.21. The van der Waals surface area contributed by atoms with E-state index in [1.165, 1.54) is 38.5 Å². The summed E-state index contributed by atoms with van der Waals surface area (Å²) in [6.45, 7) is 7.90. The molecule has 0 radical (unpaired) electrons. The maximum absolute atomic E-state index is 12.0. The molecule has 1 N–H and O–H groups in total. The molecule has 0 bridgehead atoms. The van der Waals surface area contributed by atoms with Crippen LogP contribution in [0.25, 0.3) is 0 Å². The predicted molar refractivity (Wildman–Crippen MR) is 72.1 cm³/mol. The van der Waals surface area contributed by atoms with E-state index in [0.717, 1.165) is 19.0 Å². The second kappa shape index (κ2) is 7.57. The molecular weight excluding hydrogens is 212 g/mol. The van der Waals surface area contributed by atoms with Gasteiger partial charge in [-0.25, -0.2) is 4.79 Å². The molecule has 1 aliphatic carbocycles. The van der Waals surface area contributed by atoms with Crippen LogP contribution in [0, 0.1) is 5.92 Å². The summed E-state index contributed by atoms with van der Waals surface area (Å²) in [5.74, 6) is 0.717. The number of urea groups is 1. The molecule has 0 heterocycles. The Bertz CT molecular complexity index is 226. The third-order valence-corrected chi connectivity index (χ3v) is 3.95. The van der Waals surface area contributed by atoms with Gasteiger partial charge in [0.15, 0.2) is 0 Å². The first-order chi connectivity index (χ1) is 8.22. The van der Waals surface area contributed by atoms with Crippen molar-refractivity contribution in [3.05, 3.63) is 0 Å². The zero-order valence-electron chi connectivity index (χ0n) is 11.7. The van der Waals surface area contributed by atoms with E-state index >= 15 is 0 Å². The number of nitrogens with zero attached hydrogens (tertiary/aromatic N) is 1. The van der Waals surface area contributed by atoms with E-state index in [9.17, 15) is 4.79 Å². The highest BCUT2D eigenvalue weighted by molar-refractivity contribution is 5.74. The lowest BCUT2D eigenvalue weighted by Crippen LogP contribution is -2.46. The molecule has 1 rings (SSSR count). The van der Waals surface area contributed by atoms with Gasteiger partial charge in [-0.3, -0.25) is 0 Å². The van der Waals surface area contributed by atoms with Crippen molar-refractivity contribution in [1.29, 1.82) is 0 Å². The molecule has 0 aliphatic heterocycles. The van der Waals surface area contributed by atoms with Gasteiger partial charge in [-0.2, -0.15) is 0 Å². The minimum atomic E-state index is 0.128. The number of carbonyl (C=O) groups is 1. The first kappa shape index (κ1) is 14.3. The molecule has 0 aromatic heterocycles. The molecule has 0 aromatic carbocycles. The quantitative estimate of drug-likeness (QED) is 0.758. The molecule has 2 amide bonds. The monoisotopic (exact) mass is 240 g/mol. The highest BCUT2D eigenvalue weighted by Gasteiger charge is 2.28. The van der Waals surface area contributed by atoms with Crippen LogP contribution in [0.2, 0.25) is 0 Å². The molecule has 3 heteroatoms. The molecule has 17 heavy (non-hydrogen) atoms. The number of carbonyl (C=O) groups excluding carboxylic acids is 1. The lowest BCUT2D eigenvalue weighted by Gasteiger charge is -2.25. The van der Waals surface area contributed by atoms with E-state index in [4.69, 9.17) is 0 Å². The van der Waals surface area contributed by atoms with Gasteiger partial charge in [-0.15, -0.1) is 0 Å². The number of amides is 2. The Morgan fingerprint density at radius 2 is 1.94 bits per heavy atom. The zero-order chi connectivity index (χ0) is 12.7. The van der Waals surface area contributed by atoms with Crippen molar-refractivity contribution in [1.82, 2.24) is 10.2 Å². The number of hydrogen-bond donors (Lipinski definition) is 1. The standard InChI is InChI=1S/C14H28N2O/c1-4-7-9-12-10-8-11-13(12)15-14(17)16(5-2)6-3/h12-13H,4-11H2,1-3H3,(H,15,17)/t12-,13-/m1/s1. The maximum Gasteiger partial charge on any atom is 0.317 e. The molecule has 0 saturated heterocycles. The normalized spacial score (nSPS) is 23.7. The second-order valence-corrected chi connectivity index (χ2v) is 5.06. The predicted octanol–water partition coefficient (Wildman–Crippen LogP) is 3.40. The smallest absolute Gasteiger partial charge is 0.317 e. The van der Waals surface area contributed by atoms with Gasteiger partial charge in [0.05, 0.1) is 0 Å². The van der Waals surface area contributed by atoms with Crippen LogP contribution in [-0.2, 0) is 0 Å². The van der Waals surface area contributed by atoms with Crippen LogP contribution < -0.4 is 5.32 Å². The fourth-order valence-corrected chi connectivity index (χ4v) is 2.80. The van der Waals surface area contributed by atoms with Crippen molar-refractivity contribution >= 4 is 6.03 Å². The van der Waals surface area contributed by atoms with Crippen LogP contribution in [0.15, 0.2) is 0 Å². The number of hydrogen-bond acceptors (Lipinski definition) is 1. The van der Waals surface area contributed by atoms with Crippen LogP contribution in [0.5, 0.6) is 0 Å². The Kier molecular flexibility index (Phi) is 6.38. The molecule has 1 saturated carbocycles. The second-order valence-electron chi connectivity index (χ2n) is 5.06. The fraction of sp³-hybridized carbons (Fsp3) is 0.929. The summed E-state index contributed by atoms with van der Waals surface area (Å²) in [6, 6.07) is 0.554. The average molecular weight is 240 g/mol. The highest BCUT2D eigenvalue weighted by atomic mass is 16.2. The molecule has 100 valence electrons. The van der Waals surface area contributed by atoms with Crippen LogP contribution in [0.1, 0.15) is 59.3 Å². The summed E-state index contributed by atoms with van der Waals surface area (Å²) in [5.41, 5.74) is 0. The lowest BCUT2D eigenvalue weighted by atomic mass is 9.97. The van der Waals surface area contributed by atoms with Gasteiger partial charge in [-0.05, 0) is 39.0 Å². The molecule has 0 spiro atoms. The minimum absolute atomic E-state index is 0.128. The van der Waals surface area contributed by atoms with E-state index in [1.54, 1.807) is 0 Å². The molecule has 1 aliphatic rings. The minimum Gasteiger partial charge on any atom is -0.335 e. The van der Waals surface area contributed by atoms with Gasteiger partial charge in [0.2, 0.25) is 0 Å². The summed E-state index contributed by atoms with van der Waals surface area (Å²) >= 11 is 0. The van der Waals surface area contributed by atoms with Gasteiger partial charge in [0.1, 0.15) is 0 Å². The summed E-state index contributed by atoms with van der Waals surface area (Å²) in [7, 11) is 0. The Balaban J connectivity index is 2.40. The molecular formula is C14H28N2O. The first-order valence-electron chi connectivity index (χ1n) is 7.28. The molecule has 1 fully saturated rings. The number of nitrogens with one attached hydrogen (secondary N) is 1. The number of rotatable bonds is 6. The molecule has 0 unspecified atom stereocenters. The van der Waals surface area contributed by atoms with Crippen LogP contribution in [0.3, 0.4) is 0 Å². The van der Waals surface area contributed by atoms with Gasteiger partial charge >= 0.3 is 6.03 Å². The van der Waals surface area contributed by atoms with Crippen LogP contribution in [0.4, 0.5) is 4.79 Å². The molecule has 0 aromatic rings. The zero-order valence-corrected chi connectivity index (χ0v) is 11.7. The van der Waals surface area contributed by atoms with Gasteiger partial charge in [0, 0.05) is 19.1 Å². The van der Waals surface area contributed by atoms with E-state index in [2.05, 4.69) is 12.2 Å². The lowest BCUT2D eigenvalue weighted by molar-refractivity contribution is 0.195. The average Bonchev–Trinajstić information content (AvgIpc) is 2.75. The van der Waals surface area contributed by atoms with E-state index in [1.807, 2.05) is 18.7 Å². The van der Waals surface area contributed by atoms with Crippen LogP contribution >= 0.6 is 0 Å². The number of unbranched alkanes of at least 4 members (excludes halogenated alkanes) is 1. The Hall–Kier alpha value is -0.730. The largest absolute Gasteiger partial charge is 0.335 e. The Morgan fingerprint density at radius 3 is 2.53 bits per heavy atom. The highest BCUT2D eigenvalue weighted by Crippen LogP contribution is 2.29. The Morgan fingerprint density at radius 1 is 1.24 bits per heavy atom. The summed E-state index contributed by atoms with van der Waals surface area (Å²) in [5, 5.41) is 3.23. The first-order valence-corrected chi connectivity index (χ1v) is 7.28. The summed E-state index contributed by atoms with van der Waals surface area (Å²) in [4.78, 5) is 13.9. The maximum atomic E-state index is 12.0. The van der Waals surface area contributed by atoms with E-state index in [0.29, 0.717) is 6.04 Å². The Labute approximate surface area is 106 Å². The van der Waals surface area contributed by atoms with Crippen molar-refractivity contribution < 1.29 is 4.79 Å². The van der Waals surface area contributed by atoms with Gasteiger partial charge in [-0.1, -0.05) is 26.2 Å². The van der Waals surface area contributed by atoms with E-state index < -0.39 is 0 Å². The van der Waals surface area contributed by atoms with Gasteiger partial charge in [0.25, 0.3) is 0 Å². The van der Waals surface area contributed by atoms with Crippen molar-refractivity contribution in [2.24, 2.45) is 5.92 Å². The van der Waals surface area contributed by atoms with Crippen molar-refractivity contribution in [3.8, 4) is 0 Å². The van der Waals surface area contributed by atoms with Crippen LogP contribution in [-0.4, -0.2) is 30.1 Å². The SMILES string of the molecule is CCCC[C@@H]1CCC[C@H]1NC(=O)N(CC)CC. The van der Waals surface area contributed by atoms with Gasteiger partial charge < -0.3 is 10.2 Å². The fourth-order valence-electron chi connectivity index (χ4n) is 2.80. The molecule has 3 nitrogen and oxygen atoms in total. The summed E-state index contributed by atoms with van der Waals surface area (Å²) in [6.07, 6.45) is 7.57. The topological polar surface area (TPSA) is 32.3 Å².